The van der Waals surface area contributed by atoms with Crippen LogP contribution in [0.5, 0.6) is 0 Å². The van der Waals surface area contributed by atoms with E-state index in [1.54, 1.807) is 24.4 Å². The number of carbonyl (C=O) groups is 1. The van der Waals surface area contributed by atoms with Crippen molar-refractivity contribution in [3.8, 4) is 0 Å². The van der Waals surface area contributed by atoms with Crippen molar-refractivity contribution in [2.45, 2.75) is 13.3 Å². The Bertz CT molecular complexity index is 520. The highest BCUT2D eigenvalue weighted by atomic mass is 35.5. The molecule has 1 aromatic heterocycles. The number of hydrogen-bond acceptors (Lipinski definition) is 2. The quantitative estimate of drug-likeness (QED) is 0.921. The van der Waals surface area contributed by atoms with Gasteiger partial charge in [0.25, 0.3) is 0 Å². The average molecular weight is 261 g/mol. The van der Waals surface area contributed by atoms with E-state index in [0.717, 1.165) is 16.9 Å². The maximum Gasteiger partial charge on any atom is 0.228 e. The number of nitrogens with zero attached hydrogens (tertiary/aromatic N) is 1. The molecule has 0 atom stereocenters. The zero-order chi connectivity index (χ0) is 13.0. The molecule has 0 aliphatic rings. The van der Waals surface area contributed by atoms with E-state index in [1.807, 2.05) is 25.1 Å². The van der Waals surface area contributed by atoms with Crippen molar-refractivity contribution >= 4 is 23.2 Å². The van der Waals surface area contributed by atoms with Crippen LogP contribution in [0.25, 0.3) is 0 Å². The monoisotopic (exact) mass is 260 g/mol. The molecule has 0 bridgehead atoms. The summed E-state index contributed by atoms with van der Waals surface area (Å²) in [6.45, 7) is 1.88. The number of nitrogens with one attached hydrogen (secondary N) is 1. The number of anilines is 1. The van der Waals surface area contributed by atoms with Gasteiger partial charge in [-0.2, -0.15) is 0 Å². The van der Waals surface area contributed by atoms with Crippen LogP contribution >= 0.6 is 11.6 Å². The first-order valence-electron chi connectivity index (χ1n) is 5.60. The smallest absolute Gasteiger partial charge is 0.228 e. The second kappa shape index (κ2) is 5.65. The topological polar surface area (TPSA) is 42.0 Å². The van der Waals surface area contributed by atoms with Gasteiger partial charge in [0.15, 0.2) is 0 Å². The highest BCUT2D eigenvalue weighted by Crippen LogP contribution is 2.12. The van der Waals surface area contributed by atoms with Crippen LogP contribution in [0.15, 0.2) is 42.6 Å². The van der Waals surface area contributed by atoms with Crippen LogP contribution in [0, 0.1) is 6.92 Å². The molecule has 1 aromatic carbocycles. The van der Waals surface area contributed by atoms with E-state index < -0.39 is 0 Å². The summed E-state index contributed by atoms with van der Waals surface area (Å²) in [5, 5.41) is 3.47. The Morgan fingerprint density at radius 2 is 2.17 bits per heavy atom. The summed E-state index contributed by atoms with van der Waals surface area (Å²) in [6, 6.07) is 10.9. The molecule has 3 nitrogen and oxygen atoms in total. The Morgan fingerprint density at radius 3 is 2.89 bits per heavy atom. The van der Waals surface area contributed by atoms with Crippen molar-refractivity contribution < 1.29 is 4.79 Å². The molecular formula is C14H13ClN2O. The number of aromatic nitrogens is 1. The first-order valence-corrected chi connectivity index (χ1v) is 5.98. The van der Waals surface area contributed by atoms with Gasteiger partial charge in [0.2, 0.25) is 5.91 Å². The molecule has 0 unspecified atom stereocenters. The Labute approximate surface area is 111 Å². The van der Waals surface area contributed by atoms with Gasteiger partial charge in [-0.05, 0) is 36.8 Å². The van der Waals surface area contributed by atoms with Gasteiger partial charge in [-0.1, -0.05) is 23.7 Å². The zero-order valence-corrected chi connectivity index (χ0v) is 10.7. The summed E-state index contributed by atoms with van der Waals surface area (Å²) in [4.78, 5) is 15.9. The summed E-state index contributed by atoms with van der Waals surface area (Å²) in [7, 11) is 0. The molecule has 0 fully saturated rings. The summed E-state index contributed by atoms with van der Waals surface area (Å²) in [6.07, 6.45) is 1.98. The molecule has 0 saturated heterocycles. The van der Waals surface area contributed by atoms with E-state index in [1.165, 1.54) is 0 Å². The predicted molar refractivity (Wildman–Crippen MR) is 72.8 cm³/mol. The number of pyridine rings is 1. The van der Waals surface area contributed by atoms with Gasteiger partial charge in [-0.25, -0.2) is 0 Å². The average Bonchev–Trinajstić information content (AvgIpc) is 2.28. The lowest BCUT2D eigenvalue weighted by molar-refractivity contribution is -0.115. The molecule has 0 aliphatic heterocycles. The highest BCUT2D eigenvalue weighted by Gasteiger charge is 2.04. The number of halogens is 1. The fourth-order valence-corrected chi connectivity index (χ4v) is 1.87. The molecule has 0 spiro atoms. The van der Waals surface area contributed by atoms with Crippen molar-refractivity contribution in [3.05, 3.63) is 58.9 Å². The molecule has 2 rings (SSSR count). The molecule has 0 radical (unpaired) electrons. The highest BCUT2D eigenvalue weighted by molar-refractivity contribution is 6.30. The van der Waals surface area contributed by atoms with Gasteiger partial charge in [0, 0.05) is 22.6 Å². The minimum atomic E-state index is -0.0668. The van der Waals surface area contributed by atoms with Crippen molar-refractivity contribution in [3.63, 3.8) is 0 Å². The molecule has 1 heterocycles. The van der Waals surface area contributed by atoms with E-state index in [0.29, 0.717) is 11.4 Å². The van der Waals surface area contributed by atoms with E-state index in [-0.39, 0.29) is 5.91 Å². The van der Waals surface area contributed by atoms with Gasteiger partial charge >= 0.3 is 0 Å². The lowest BCUT2D eigenvalue weighted by atomic mass is 10.1. The van der Waals surface area contributed by atoms with Gasteiger partial charge in [0.1, 0.15) is 0 Å². The lowest BCUT2D eigenvalue weighted by Gasteiger charge is -2.06. The van der Waals surface area contributed by atoms with Gasteiger partial charge in [-0.3, -0.25) is 9.78 Å². The van der Waals surface area contributed by atoms with Crippen molar-refractivity contribution in [2.75, 3.05) is 5.32 Å². The minimum absolute atomic E-state index is 0.0668. The van der Waals surface area contributed by atoms with E-state index in [4.69, 9.17) is 11.6 Å². The third-order valence-electron chi connectivity index (χ3n) is 2.43. The molecule has 1 amide bonds. The number of amides is 1. The zero-order valence-electron chi connectivity index (χ0n) is 9.98. The predicted octanol–water partition coefficient (Wildman–Crippen LogP) is 3.22. The number of hydrogen-bond donors (Lipinski definition) is 1. The molecule has 92 valence electrons. The van der Waals surface area contributed by atoms with Gasteiger partial charge in [0.05, 0.1) is 6.42 Å². The standard InChI is InChI=1S/C14H13ClN2O/c1-10-7-13(5-6-16-10)17-14(18)9-11-3-2-4-12(15)8-11/h2-8H,9H2,1H3,(H,16,17,18). The second-order valence-corrected chi connectivity index (χ2v) is 4.48. The third kappa shape index (κ3) is 3.57. The van der Waals surface area contributed by atoms with Crippen LogP contribution in [0.4, 0.5) is 5.69 Å². The third-order valence-corrected chi connectivity index (χ3v) is 2.67. The van der Waals surface area contributed by atoms with Crippen molar-refractivity contribution in [1.29, 1.82) is 0 Å². The maximum absolute atomic E-state index is 11.8. The normalized spacial score (nSPS) is 10.1. The Kier molecular flexibility index (Phi) is 3.95. The number of carbonyl (C=O) groups excluding carboxylic acids is 1. The van der Waals surface area contributed by atoms with Gasteiger partial charge in [-0.15, -0.1) is 0 Å². The molecule has 1 N–H and O–H groups in total. The van der Waals surface area contributed by atoms with E-state index in [9.17, 15) is 4.79 Å². The first-order chi connectivity index (χ1) is 8.63. The molecule has 0 saturated carbocycles. The summed E-state index contributed by atoms with van der Waals surface area (Å²) in [5.41, 5.74) is 2.52. The van der Waals surface area contributed by atoms with E-state index >= 15 is 0 Å². The molecule has 0 aliphatic carbocycles. The minimum Gasteiger partial charge on any atom is -0.326 e. The molecular weight excluding hydrogens is 248 g/mol. The second-order valence-electron chi connectivity index (χ2n) is 4.04. The van der Waals surface area contributed by atoms with Crippen molar-refractivity contribution in [1.82, 2.24) is 4.98 Å². The molecule has 18 heavy (non-hydrogen) atoms. The summed E-state index contributed by atoms with van der Waals surface area (Å²) >= 11 is 5.87. The van der Waals surface area contributed by atoms with Gasteiger partial charge < -0.3 is 5.32 Å². The summed E-state index contributed by atoms with van der Waals surface area (Å²) < 4.78 is 0. The van der Waals surface area contributed by atoms with Crippen molar-refractivity contribution in [2.24, 2.45) is 0 Å². The van der Waals surface area contributed by atoms with E-state index in [2.05, 4.69) is 10.3 Å². The molecule has 4 heteroatoms. The summed E-state index contributed by atoms with van der Waals surface area (Å²) in [5.74, 6) is -0.0668. The Hall–Kier alpha value is -1.87. The fourth-order valence-electron chi connectivity index (χ4n) is 1.66. The van der Waals surface area contributed by atoms with Crippen LogP contribution in [0.3, 0.4) is 0 Å². The fraction of sp³-hybridized carbons (Fsp3) is 0.143. The largest absolute Gasteiger partial charge is 0.326 e. The van der Waals surface area contributed by atoms with Crippen LogP contribution < -0.4 is 5.32 Å². The van der Waals surface area contributed by atoms with Crippen LogP contribution in [-0.4, -0.2) is 10.9 Å². The number of benzene rings is 1. The Balaban J connectivity index is 2.01. The number of rotatable bonds is 3. The SMILES string of the molecule is Cc1cc(NC(=O)Cc2cccc(Cl)c2)ccn1. The van der Waals surface area contributed by atoms with Crippen LogP contribution in [0.2, 0.25) is 5.02 Å². The Morgan fingerprint density at radius 1 is 1.33 bits per heavy atom. The number of aryl methyl sites for hydroxylation is 1. The molecule has 2 aromatic rings. The lowest BCUT2D eigenvalue weighted by Crippen LogP contribution is -2.14. The van der Waals surface area contributed by atoms with Crippen LogP contribution in [-0.2, 0) is 11.2 Å². The maximum atomic E-state index is 11.8. The van der Waals surface area contributed by atoms with Crippen LogP contribution in [0.1, 0.15) is 11.3 Å². The first kappa shape index (κ1) is 12.6.